The number of aliphatic carboxylic acids is 1. The lowest BCUT2D eigenvalue weighted by Gasteiger charge is -2.34. The van der Waals surface area contributed by atoms with Gasteiger partial charge in [0.25, 0.3) is 0 Å². The predicted octanol–water partition coefficient (Wildman–Crippen LogP) is 5.76. The van der Waals surface area contributed by atoms with Gasteiger partial charge in [-0.15, -0.1) is 0 Å². The molecule has 4 heteroatoms. The fourth-order valence-electron chi connectivity index (χ4n) is 5.73. The van der Waals surface area contributed by atoms with E-state index in [2.05, 4.69) is 38.1 Å². The zero-order valence-corrected chi connectivity index (χ0v) is 19.7. The minimum absolute atomic E-state index is 0.000810. The third-order valence-electron chi connectivity index (χ3n) is 7.59. The molecule has 4 nitrogen and oxygen atoms in total. The molecule has 2 aliphatic rings. The summed E-state index contributed by atoms with van der Waals surface area (Å²) in [5.41, 5.74) is 8.89. The highest BCUT2D eigenvalue weighted by Gasteiger charge is 2.29. The van der Waals surface area contributed by atoms with E-state index in [0.29, 0.717) is 18.9 Å². The summed E-state index contributed by atoms with van der Waals surface area (Å²) in [6.45, 7) is 7.59. The molecule has 0 saturated heterocycles. The normalized spacial score (nSPS) is 16.7. The lowest BCUT2D eigenvalue weighted by Crippen LogP contribution is -2.38. The van der Waals surface area contributed by atoms with Gasteiger partial charge < -0.3 is 10.0 Å². The van der Waals surface area contributed by atoms with Gasteiger partial charge in [-0.05, 0) is 84.9 Å². The van der Waals surface area contributed by atoms with E-state index in [-0.39, 0.29) is 12.3 Å². The lowest BCUT2D eigenvalue weighted by molar-refractivity contribution is -0.136. The maximum absolute atomic E-state index is 13.1. The number of rotatable bonds is 5. The van der Waals surface area contributed by atoms with Gasteiger partial charge in [-0.2, -0.15) is 0 Å². The Hall–Kier alpha value is -2.62. The van der Waals surface area contributed by atoms with Crippen molar-refractivity contribution in [2.24, 2.45) is 5.92 Å². The summed E-state index contributed by atoms with van der Waals surface area (Å²) < 4.78 is 0. The number of carbonyl (C=O) groups excluding carboxylic acids is 1. The van der Waals surface area contributed by atoms with Gasteiger partial charge in [-0.3, -0.25) is 9.59 Å². The maximum Gasteiger partial charge on any atom is 0.307 e. The zero-order valence-electron chi connectivity index (χ0n) is 19.7. The summed E-state index contributed by atoms with van der Waals surface area (Å²) in [6.07, 6.45) is 7.66. The van der Waals surface area contributed by atoms with E-state index in [1.807, 2.05) is 11.8 Å². The van der Waals surface area contributed by atoms with E-state index in [9.17, 15) is 14.7 Å². The van der Waals surface area contributed by atoms with Crippen LogP contribution in [0.15, 0.2) is 24.3 Å². The van der Waals surface area contributed by atoms with E-state index >= 15 is 0 Å². The van der Waals surface area contributed by atoms with Crippen molar-refractivity contribution in [1.82, 2.24) is 4.90 Å². The Morgan fingerprint density at radius 3 is 2.31 bits per heavy atom. The van der Waals surface area contributed by atoms with Crippen molar-refractivity contribution >= 4 is 11.9 Å². The molecule has 2 aromatic carbocycles. The monoisotopic (exact) mass is 433 g/mol. The fourth-order valence-corrected chi connectivity index (χ4v) is 5.73. The van der Waals surface area contributed by atoms with Crippen molar-refractivity contribution < 1.29 is 14.7 Å². The number of hydrogen-bond acceptors (Lipinski definition) is 2. The molecule has 1 amide bonds. The molecule has 1 aliphatic carbocycles. The summed E-state index contributed by atoms with van der Waals surface area (Å²) in [4.78, 5) is 26.9. The lowest BCUT2D eigenvalue weighted by atomic mass is 9.80. The standard InChI is InChI=1S/C28H35NO3/c1-18-9-11-22(12-10-18)28-20(3)23-13-14-29(26(30)15-21-7-5-4-6-8-21)17-25(23)19(2)24(28)16-27(31)32/h9-12,21H,4-8,13-17H2,1-3H3,(H,31,32). The molecule has 170 valence electrons. The Balaban J connectivity index is 1.68. The quantitative estimate of drug-likeness (QED) is 0.652. The van der Waals surface area contributed by atoms with Crippen LogP contribution >= 0.6 is 0 Å². The number of carboxylic acid groups (broad SMARTS) is 1. The van der Waals surface area contributed by atoms with Crippen molar-refractivity contribution in [3.8, 4) is 11.1 Å². The molecule has 4 rings (SSSR count). The number of nitrogens with zero attached hydrogens (tertiary/aromatic N) is 1. The van der Waals surface area contributed by atoms with Crippen LogP contribution in [0.3, 0.4) is 0 Å². The third-order valence-corrected chi connectivity index (χ3v) is 7.59. The van der Waals surface area contributed by atoms with Gasteiger partial charge >= 0.3 is 5.97 Å². The number of carbonyl (C=O) groups is 2. The average Bonchev–Trinajstić information content (AvgIpc) is 2.78. The molecule has 1 heterocycles. The topological polar surface area (TPSA) is 57.6 Å². The van der Waals surface area contributed by atoms with Gasteiger partial charge in [0.2, 0.25) is 5.91 Å². The highest BCUT2D eigenvalue weighted by molar-refractivity contribution is 5.82. The summed E-state index contributed by atoms with van der Waals surface area (Å²) in [5.74, 6) is -0.0178. The smallest absolute Gasteiger partial charge is 0.307 e. The Morgan fingerprint density at radius 2 is 1.66 bits per heavy atom. The molecule has 0 bridgehead atoms. The summed E-state index contributed by atoms with van der Waals surface area (Å²) in [6, 6.07) is 8.36. The van der Waals surface area contributed by atoms with E-state index in [1.54, 1.807) is 0 Å². The second kappa shape index (κ2) is 9.48. The van der Waals surface area contributed by atoms with Crippen LogP contribution in [0.4, 0.5) is 0 Å². The van der Waals surface area contributed by atoms with Gasteiger partial charge in [0, 0.05) is 19.5 Å². The van der Waals surface area contributed by atoms with Gasteiger partial charge in [0.1, 0.15) is 0 Å². The summed E-state index contributed by atoms with van der Waals surface area (Å²) >= 11 is 0. The molecular formula is C28H35NO3. The summed E-state index contributed by atoms with van der Waals surface area (Å²) in [7, 11) is 0. The van der Waals surface area contributed by atoms with E-state index in [0.717, 1.165) is 40.8 Å². The van der Waals surface area contributed by atoms with Gasteiger partial charge in [0.15, 0.2) is 0 Å². The maximum atomic E-state index is 13.1. The van der Waals surface area contributed by atoms with Crippen LogP contribution in [0.5, 0.6) is 0 Å². The third kappa shape index (κ3) is 4.60. The molecule has 1 aliphatic heterocycles. The molecule has 0 aromatic heterocycles. The average molecular weight is 434 g/mol. The summed E-state index contributed by atoms with van der Waals surface area (Å²) in [5, 5.41) is 9.66. The van der Waals surface area contributed by atoms with Crippen LogP contribution in [0.25, 0.3) is 11.1 Å². The molecule has 0 radical (unpaired) electrons. The Labute approximate surface area is 191 Å². The van der Waals surface area contributed by atoms with Crippen molar-refractivity contribution in [2.45, 2.75) is 78.7 Å². The number of hydrogen-bond donors (Lipinski definition) is 1. The molecule has 2 aromatic rings. The van der Waals surface area contributed by atoms with Crippen molar-refractivity contribution in [1.29, 1.82) is 0 Å². The van der Waals surface area contributed by atoms with Gasteiger partial charge in [0.05, 0.1) is 6.42 Å². The Bertz CT molecular complexity index is 1020. The number of carboxylic acids is 1. The van der Waals surface area contributed by atoms with E-state index in [4.69, 9.17) is 0 Å². The van der Waals surface area contributed by atoms with Crippen molar-refractivity contribution in [3.63, 3.8) is 0 Å². The van der Waals surface area contributed by atoms with Crippen molar-refractivity contribution in [3.05, 3.63) is 57.6 Å². The molecule has 0 unspecified atom stereocenters. The molecule has 1 fully saturated rings. The van der Waals surface area contributed by atoms with Crippen molar-refractivity contribution in [2.75, 3.05) is 6.54 Å². The Kier molecular flexibility index (Phi) is 6.68. The SMILES string of the molecule is Cc1ccc(-c2c(C)c3c(c(C)c2CC(=O)O)CN(C(=O)CC2CCCCC2)CC3)cc1. The highest BCUT2D eigenvalue weighted by Crippen LogP contribution is 2.38. The molecule has 0 spiro atoms. The minimum atomic E-state index is -0.818. The first-order valence-electron chi connectivity index (χ1n) is 12.1. The highest BCUT2D eigenvalue weighted by atomic mass is 16.4. The second-order valence-electron chi connectivity index (χ2n) is 9.77. The van der Waals surface area contributed by atoms with Gasteiger partial charge in [-0.1, -0.05) is 49.1 Å². The van der Waals surface area contributed by atoms with Crippen LogP contribution in [-0.2, 0) is 29.0 Å². The fraction of sp³-hybridized carbons (Fsp3) is 0.500. The number of amides is 1. The second-order valence-corrected chi connectivity index (χ2v) is 9.77. The predicted molar refractivity (Wildman–Crippen MR) is 128 cm³/mol. The largest absolute Gasteiger partial charge is 0.481 e. The van der Waals surface area contributed by atoms with Crippen LogP contribution < -0.4 is 0 Å². The molecule has 1 N–H and O–H groups in total. The van der Waals surface area contributed by atoms with Crippen LogP contribution in [0, 0.1) is 26.7 Å². The Morgan fingerprint density at radius 1 is 0.969 bits per heavy atom. The van der Waals surface area contributed by atoms with E-state index < -0.39 is 5.97 Å². The van der Waals surface area contributed by atoms with Crippen LogP contribution in [0.2, 0.25) is 0 Å². The number of aryl methyl sites for hydroxylation is 1. The zero-order chi connectivity index (χ0) is 22.8. The van der Waals surface area contributed by atoms with Gasteiger partial charge in [-0.25, -0.2) is 0 Å². The first-order valence-corrected chi connectivity index (χ1v) is 12.1. The number of fused-ring (bicyclic) bond motifs is 1. The van der Waals surface area contributed by atoms with Crippen LogP contribution in [0.1, 0.15) is 71.9 Å². The first-order chi connectivity index (χ1) is 15.3. The van der Waals surface area contributed by atoms with Crippen LogP contribution in [-0.4, -0.2) is 28.4 Å². The van der Waals surface area contributed by atoms with E-state index in [1.165, 1.54) is 48.8 Å². The molecule has 1 saturated carbocycles. The first kappa shape index (κ1) is 22.6. The molecule has 0 atom stereocenters. The number of benzene rings is 2. The minimum Gasteiger partial charge on any atom is -0.481 e. The molecule has 32 heavy (non-hydrogen) atoms. The molecular weight excluding hydrogens is 398 g/mol.